The molecule has 7 nitrogen and oxygen atoms in total. The highest BCUT2D eigenvalue weighted by atomic mass is 35.5. The lowest BCUT2D eigenvalue weighted by Gasteiger charge is -2.36. The minimum absolute atomic E-state index is 0.0504. The molecule has 1 heterocycles. The van der Waals surface area contributed by atoms with Gasteiger partial charge in [0.1, 0.15) is 5.82 Å². The third-order valence-corrected chi connectivity index (χ3v) is 8.60. The fourth-order valence-corrected chi connectivity index (χ4v) is 6.04. The maximum absolute atomic E-state index is 12.4. The molecule has 1 saturated carbocycles. The normalized spacial score (nSPS) is 17.4. The van der Waals surface area contributed by atoms with Gasteiger partial charge < -0.3 is 5.32 Å². The number of benzene rings is 3. The Morgan fingerprint density at radius 1 is 1.05 bits per heavy atom. The maximum atomic E-state index is 12.4. The van der Waals surface area contributed by atoms with Crippen molar-refractivity contribution in [3.8, 4) is 5.69 Å². The van der Waals surface area contributed by atoms with Crippen molar-refractivity contribution in [2.45, 2.75) is 50.0 Å². The van der Waals surface area contributed by atoms with Gasteiger partial charge in [-0.3, -0.25) is 4.57 Å². The summed E-state index contributed by atoms with van der Waals surface area (Å²) >= 11 is 12.9. The molecule has 3 aromatic carbocycles. The molecule has 0 spiro atoms. The Kier molecular flexibility index (Phi) is 6.91. The summed E-state index contributed by atoms with van der Waals surface area (Å²) in [5, 5.41) is 4.00. The van der Waals surface area contributed by atoms with Gasteiger partial charge in [-0.2, -0.15) is 0 Å². The van der Waals surface area contributed by atoms with Crippen molar-refractivity contribution in [3.05, 3.63) is 87.7 Å². The molecule has 4 aromatic rings. The van der Waals surface area contributed by atoms with Crippen LogP contribution in [-0.4, -0.2) is 30.0 Å². The van der Waals surface area contributed by atoms with Crippen LogP contribution >= 0.6 is 23.2 Å². The lowest BCUT2D eigenvalue weighted by molar-refractivity contribution is 0.227. The van der Waals surface area contributed by atoms with Crippen LogP contribution < -0.4 is 10.0 Å². The van der Waals surface area contributed by atoms with E-state index in [0.29, 0.717) is 22.9 Å². The van der Waals surface area contributed by atoms with Gasteiger partial charge in [-0.1, -0.05) is 53.9 Å². The van der Waals surface area contributed by atoms with Gasteiger partial charge in [-0.25, -0.2) is 22.9 Å². The van der Waals surface area contributed by atoms with E-state index in [2.05, 4.69) is 14.6 Å². The Labute approximate surface area is 225 Å². The summed E-state index contributed by atoms with van der Waals surface area (Å²) in [6, 6.07) is 17.1. The topological polar surface area (TPSA) is 93.1 Å². The Hall–Kier alpha value is -3.07. The van der Waals surface area contributed by atoms with Crippen LogP contribution in [-0.2, 0) is 16.4 Å². The molecule has 1 aliphatic carbocycles. The van der Waals surface area contributed by atoms with Gasteiger partial charge in [-0.05, 0) is 73.7 Å². The van der Waals surface area contributed by atoms with Gasteiger partial charge in [0, 0.05) is 17.5 Å². The highest BCUT2D eigenvalue weighted by molar-refractivity contribution is 7.90. The highest BCUT2D eigenvalue weighted by Crippen LogP contribution is 2.39. The number of hydrogen-bond donors (Lipinski definition) is 2. The van der Waals surface area contributed by atoms with E-state index in [-0.39, 0.29) is 16.9 Å². The first-order chi connectivity index (χ1) is 17.6. The lowest BCUT2D eigenvalue weighted by Crippen LogP contribution is -2.49. The number of aromatic nitrogens is 2. The molecule has 192 valence electrons. The molecule has 10 heteroatoms. The number of hydrogen-bond acceptors (Lipinski definition) is 4. The van der Waals surface area contributed by atoms with Crippen molar-refractivity contribution in [2.75, 3.05) is 0 Å². The van der Waals surface area contributed by atoms with E-state index in [9.17, 15) is 13.2 Å². The van der Waals surface area contributed by atoms with Crippen LogP contribution in [0.25, 0.3) is 16.7 Å². The molecule has 0 unspecified atom stereocenters. The molecule has 0 bridgehead atoms. The third-order valence-electron chi connectivity index (χ3n) is 6.72. The zero-order valence-electron chi connectivity index (χ0n) is 20.3. The zero-order chi connectivity index (χ0) is 26.3. The molecule has 2 N–H and O–H groups in total. The van der Waals surface area contributed by atoms with Crippen molar-refractivity contribution in [1.82, 2.24) is 19.6 Å². The van der Waals surface area contributed by atoms with Crippen molar-refractivity contribution >= 4 is 50.3 Å². The summed E-state index contributed by atoms with van der Waals surface area (Å²) in [6.07, 6.45) is 2.13. The largest absolute Gasteiger partial charge is 0.335 e. The molecule has 5 rings (SSSR count). The maximum Gasteiger partial charge on any atom is 0.328 e. The molecule has 0 radical (unpaired) electrons. The van der Waals surface area contributed by atoms with Crippen LogP contribution in [0, 0.1) is 6.92 Å². The first-order valence-electron chi connectivity index (χ1n) is 12.0. The van der Waals surface area contributed by atoms with Crippen LogP contribution in [0.3, 0.4) is 0 Å². The summed E-state index contributed by atoms with van der Waals surface area (Å²) in [7, 11) is -3.92. The molecule has 2 amide bonds. The zero-order valence-corrected chi connectivity index (χ0v) is 22.7. The monoisotopic (exact) mass is 556 g/mol. The van der Waals surface area contributed by atoms with Crippen LogP contribution in [0.5, 0.6) is 0 Å². The fourth-order valence-electron chi connectivity index (χ4n) is 4.69. The van der Waals surface area contributed by atoms with E-state index in [1.807, 2.05) is 50.2 Å². The first kappa shape index (κ1) is 25.6. The number of nitrogens with zero attached hydrogens (tertiary/aromatic N) is 2. The number of carbonyl (C=O) groups excluding carboxylic acids is 1. The Balaban J connectivity index is 1.24. The number of amides is 2. The second-order valence-corrected chi connectivity index (χ2v) is 11.8. The SMILES string of the molecule is CCc1nc2cc(Cl)ccc2n1-c1ccc(C2CC(NC(=O)NS(=O)(=O)c3ccc(C)cc3)C2)cc1Cl. The van der Waals surface area contributed by atoms with Gasteiger partial charge >= 0.3 is 6.03 Å². The molecule has 0 atom stereocenters. The Morgan fingerprint density at radius 2 is 1.78 bits per heavy atom. The summed E-state index contributed by atoms with van der Waals surface area (Å²) in [5.41, 5.74) is 4.62. The molecular weight excluding hydrogens is 531 g/mol. The van der Waals surface area contributed by atoms with Crippen LogP contribution in [0.4, 0.5) is 4.79 Å². The van der Waals surface area contributed by atoms with Crippen LogP contribution in [0.2, 0.25) is 10.0 Å². The number of sulfonamides is 1. The number of halogens is 2. The van der Waals surface area contributed by atoms with Gasteiger partial charge in [0.15, 0.2) is 0 Å². The number of nitrogens with one attached hydrogen (secondary N) is 2. The number of urea groups is 1. The average Bonchev–Trinajstić information content (AvgIpc) is 3.18. The lowest BCUT2D eigenvalue weighted by atomic mass is 9.76. The van der Waals surface area contributed by atoms with Crippen molar-refractivity contribution in [2.24, 2.45) is 0 Å². The predicted molar refractivity (Wildman–Crippen MR) is 146 cm³/mol. The summed E-state index contributed by atoms with van der Waals surface area (Å²) < 4.78 is 29.0. The van der Waals surface area contributed by atoms with Gasteiger partial charge in [0.25, 0.3) is 10.0 Å². The van der Waals surface area contributed by atoms with Crippen molar-refractivity contribution in [3.63, 3.8) is 0 Å². The standard InChI is InChI=1S/C27H26Cl2N4O3S/c1-3-26-31-23-15-19(28)7-11-25(23)33(26)24-10-6-17(14-22(24)29)18-12-20(13-18)30-27(34)32-37(35,36)21-8-4-16(2)5-9-21/h4-11,14-15,18,20H,3,12-13H2,1-2H3,(H2,30,32,34). The molecule has 37 heavy (non-hydrogen) atoms. The smallest absolute Gasteiger partial charge is 0.328 e. The van der Waals surface area contributed by atoms with Crippen molar-refractivity contribution in [1.29, 1.82) is 0 Å². The second kappa shape index (κ2) is 10.0. The number of aryl methyl sites for hydroxylation is 2. The van der Waals surface area contributed by atoms with E-state index in [1.165, 1.54) is 12.1 Å². The van der Waals surface area contributed by atoms with E-state index < -0.39 is 16.1 Å². The molecule has 1 aliphatic rings. The molecule has 0 saturated heterocycles. The first-order valence-corrected chi connectivity index (χ1v) is 14.2. The minimum atomic E-state index is -3.92. The van der Waals surface area contributed by atoms with E-state index in [4.69, 9.17) is 28.2 Å². The van der Waals surface area contributed by atoms with Gasteiger partial charge in [-0.15, -0.1) is 0 Å². The summed E-state index contributed by atoms with van der Waals surface area (Å²) in [4.78, 5) is 17.1. The van der Waals surface area contributed by atoms with E-state index in [1.54, 1.807) is 12.1 Å². The van der Waals surface area contributed by atoms with E-state index in [0.717, 1.165) is 40.1 Å². The van der Waals surface area contributed by atoms with E-state index >= 15 is 0 Å². The van der Waals surface area contributed by atoms with Crippen LogP contribution in [0.15, 0.2) is 65.6 Å². The average molecular weight is 558 g/mol. The van der Waals surface area contributed by atoms with Gasteiger partial charge in [0.05, 0.1) is 26.6 Å². The van der Waals surface area contributed by atoms with Crippen LogP contribution in [0.1, 0.15) is 42.6 Å². The minimum Gasteiger partial charge on any atom is -0.335 e. The quantitative estimate of drug-likeness (QED) is 0.298. The molecule has 1 aromatic heterocycles. The highest BCUT2D eigenvalue weighted by Gasteiger charge is 2.32. The Morgan fingerprint density at radius 3 is 2.46 bits per heavy atom. The number of fused-ring (bicyclic) bond motifs is 1. The summed E-state index contributed by atoms with van der Waals surface area (Å²) in [6.45, 7) is 3.91. The van der Waals surface area contributed by atoms with Crippen molar-refractivity contribution < 1.29 is 13.2 Å². The third kappa shape index (κ3) is 5.19. The summed E-state index contributed by atoms with van der Waals surface area (Å²) in [5.74, 6) is 1.11. The number of carbonyl (C=O) groups is 1. The predicted octanol–water partition coefficient (Wildman–Crippen LogP) is 6.14. The number of imidazole rings is 1. The van der Waals surface area contributed by atoms with Gasteiger partial charge in [0.2, 0.25) is 0 Å². The molecular formula is C27H26Cl2N4O3S. The molecule has 0 aliphatic heterocycles. The number of rotatable bonds is 6. The molecule has 1 fully saturated rings. The Bertz CT molecular complexity index is 1590. The fraction of sp³-hybridized carbons (Fsp3) is 0.259. The second-order valence-electron chi connectivity index (χ2n) is 9.32.